The molecule has 0 radical (unpaired) electrons. The van der Waals surface area contributed by atoms with E-state index < -0.39 is 0 Å². The molecule has 1 saturated heterocycles. The normalized spacial score (nSPS) is 17.0. The molecule has 8 nitrogen and oxygen atoms in total. The van der Waals surface area contributed by atoms with Gasteiger partial charge in [0.2, 0.25) is 5.82 Å². The van der Waals surface area contributed by atoms with Gasteiger partial charge in [0.15, 0.2) is 6.04 Å². The largest absolute Gasteiger partial charge is 0.370 e. The van der Waals surface area contributed by atoms with Crippen LogP contribution in [0.5, 0.6) is 0 Å². The number of hydrogen-bond acceptors (Lipinski definition) is 5. The minimum absolute atomic E-state index is 0.0846. The summed E-state index contributed by atoms with van der Waals surface area (Å²) in [6.07, 6.45) is 0. The zero-order valence-corrected chi connectivity index (χ0v) is 17.7. The molecule has 0 spiro atoms. The molecule has 1 aliphatic heterocycles. The lowest BCUT2D eigenvalue weighted by atomic mass is 9.98. The number of ether oxygens (including phenoxy) is 1. The molecule has 154 valence electrons. The van der Waals surface area contributed by atoms with Crippen LogP contribution in [0, 0.1) is 13.8 Å². The smallest absolute Gasteiger partial charge is 0.258 e. The lowest BCUT2D eigenvalue weighted by molar-refractivity contribution is -0.934. The summed E-state index contributed by atoms with van der Waals surface area (Å²) in [7, 11) is 0. The quantitative estimate of drug-likeness (QED) is 0.685. The first-order valence-corrected chi connectivity index (χ1v) is 10.1. The minimum Gasteiger partial charge on any atom is -0.370 e. The summed E-state index contributed by atoms with van der Waals surface area (Å²) in [5.74, 6) is 0.713. The van der Waals surface area contributed by atoms with Crippen molar-refractivity contribution in [3.8, 4) is 0 Å². The number of fused-ring (bicyclic) bond motifs is 1. The lowest BCUT2D eigenvalue weighted by Gasteiger charge is -2.32. The average molecular weight is 398 g/mol. The Morgan fingerprint density at radius 3 is 2.55 bits per heavy atom. The summed E-state index contributed by atoms with van der Waals surface area (Å²) in [6, 6.07) is 5.90. The van der Waals surface area contributed by atoms with E-state index in [-0.39, 0.29) is 17.1 Å². The standard InChI is InChI=1S/C21H28N6O2/c1-13-6-7-14(2)17-15(13)12-16(20(28)22-17)18(26-8-10-29-11-9-26)19-23-24-25-27(19)21(3,4)5/h6-7,12,18H,8-11H2,1-5H3,(H,22,28)/p+1/t18-/m0/s1. The fourth-order valence-corrected chi connectivity index (χ4v) is 4.12. The highest BCUT2D eigenvalue weighted by molar-refractivity contribution is 5.85. The van der Waals surface area contributed by atoms with Crippen LogP contribution < -0.4 is 10.5 Å². The van der Waals surface area contributed by atoms with Gasteiger partial charge in [-0.05, 0) is 62.2 Å². The summed E-state index contributed by atoms with van der Waals surface area (Å²) in [4.78, 5) is 17.6. The Kier molecular flexibility index (Phi) is 5.00. The Balaban J connectivity index is 1.95. The maximum Gasteiger partial charge on any atom is 0.258 e. The molecule has 0 amide bonds. The van der Waals surface area contributed by atoms with Gasteiger partial charge in [0.05, 0.1) is 29.8 Å². The fourth-order valence-electron chi connectivity index (χ4n) is 4.12. The molecular formula is C21H29N6O2+. The third-order valence-corrected chi connectivity index (χ3v) is 5.71. The Labute approximate surface area is 169 Å². The fraction of sp³-hybridized carbons (Fsp3) is 0.524. The molecular weight excluding hydrogens is 368 g/mol. The number of H-pyrrole nitrogens is 1. The zero-order valence-electron chi connectivity index (χ0n) is 17.7. The van der Waals surface area contributed by atoms with Crippen molar-refractivity contribution in [3.05, 3.63) is 51.1 Å². The molecule has 1 aliphatic rings. The summed E-state index contributed by atoms with van der Waals surface area (Å²) >= 11 is 0. The maximum atomic E-state index is 13.3. The van der Waals surface area contributed by atoms with Crippen LogP contribution in [0.2, 0.25) is 0 Å². The molecule has 3 heterocycles. The van der Waals surface area contributed by atoms with Gasteiger partial charge in [-0.25, -0.2) is 4.68 Å². The van der Waals surface area contributed by atoms with Gasteiger partial charge >= 0.3 is 0 Å². The van der Waals surface area contributed by atoms with Gasteiger partial charge in [-0.3, -0.25) is 4.79 Å². The second-order valence-corrected chi connectivity index (χ2v) is 8.87. The zero-order chi connectivity index (χ0) is 20.8. The molecule has 29 heavy (non-hydrogen) atoms. The van der Waals surface area contributed by atoms with E-state index >= 15 is 0 Å². The SMILES string of the molecule is Cc1ccc(C)c2[nH]c(=O)c([C@@H](c3nnnn3C(C)(C)C)[NH+]3CCOCC3)cc12. The molecule has 1 aromatic carbocycles. The van der Waals surface area contributed by atoms with Gasteiger partial charge in [0.25, 0.3) is 5.56 Å². The number of benzene rings is 1. The molecule has 1 fully saturated rings. The number of aromatic nitrogens is 5. The summed E-state index contributed by atoms with van der Waals surface area (Å²) < 4.78 is 7.41. The highest BCUT2D eigenvalue weighted by Gasteiger charge is 2.37. The number of aryl methyl sites for hydroxylation is 2. The van der Waals surface area contributed by atoms with Crippen LogP contribution in [0.25, 0.3) is 10.9 Å². The number of tetrazole rings is 1. The van der Waals surface area contributed by atoms with E-state index in [1.54, 1.807) is 0 Å². The van der Waals surface area contributed by atoms with Gasteiger partial charge in [-0.15, -0.1) is 5.10 Å². The van der Waals surface area contributed by atoms with E-state index in [9.17, 15) is 4.79 Å². The van der Waals surface area contributed by atoms with Crippen molar-refractivity contribution in [2.75, 3.05) is 26.3 Å². The summed E-state index contributed by atoms with van der Waals surface area (Å²) in [5, 5.41) is 13.7. The molecule has 4 rings (SSSR count). The highest BCUT2D eigenvalue weighted by atomic mass is 16.5. The number of nitrogens with zero attached hydrogens (tertiary/aromatic N) is 4. The average Bonchev–Trinajstić information content (AvgIpc) is 3.17. The van der Waals surface area contributed by atoms with Crippen molar-refractivity contribution in [1.82, 2.24) is 25.2 Å². The van der Waals surface area contributed by atoms with Crippen LogP contribution in [0.1, 0.15) is 49.3 Å². The molecule has 0 unspecified atom stereocenters. The molecule has 3 aromatic rings. The minimum atomic E-state index is -0.293. The predicted molar refractivity (Wildman–Crippen MR) is 110 cm³/mol. The molecule has 0 aliphatic carbocycles. The molecule has 0 saturated carbocycles. The van der Waals surface area contributed by atoms with Crippen LogP contribution in [-0.4, -0.2) is 51.5 Å². The summed E-state index contributed by atoms with van der Waals surface area (Å²) in [6.45, 7) is 13.2. The van der Waals surface area contributed by atoms with Crippen LogP contribution >= 0.6 is 0 Å². The van der Waals surface area contributed by atoms with Gasteiger partial charge in [0, 0.05) is 5.39 Å². The molecule has 1 atom stereocenters. The molecule has 2 N–H and O–H groups in total. The Bertz CT molecular complexity index is 1090. The number of nitrogens with one attached hydrogen (secondary N) is 2. The van der Waals surface area contributed by atoms with Crippen molar-refractivity contribution < 1.29 is 9.64 Å². The topological polar surface area (TPSA) is 90.1 Å². The van der Waals surface area contributed by atoms with Crippen molar-refractivity contribution in [2.45, 2.75) is 46.2 Å². The number of quaternary nitrogens is 1. The van der Waals surface area contributed by atoms with Gasteiger partial charge in [-0.2, -0.15) is 0 Å². The van der Waals surface area contributed by atoms with E-state index in [1.807, 2.05) is 23.7 Å². The first-order chi connectivity index (χ1) is 13.8. The Hall–Kier alpha value is -2.58. The second-order valence-electron chi connectivity index (χ2n) is 8.87. The van der Waals surface area contributed by atoms with Crippen molar-refractivity contribution >= 4 is 10.9 Å². The first kappa shape index (κ1) is 19.7. The van der Waals surface area contributed by atoms with E-state index in [2.05, 4.69) is 54.3 Å². The third kappa shape index (κ3) is 3.58. The van der Waals surface area contributed by atoms with E-state index in [1.165, 1.54) is 4.90 Å². The number of morpholine rings is 1. The first-order valence-electron chi connectivity index (χ1n) is 10.1. The Morgan fingerprint density at radius 2 is 1.86 bits per heavy atom. The van der Waals surface area contributed by atoms with Crippen LogP contribution in [0.3, 0.4) is 0 Å². The molecule has 2 aromatic heterocycles. The summed E-state index contributed by atoms with van der Waals surface area (Å²) in [5.41, 5.74) is 3.41. The van der Waals surface area contributed by atoms with E-state index in [0.717, 1.165) is 35.1 Å². The van der Waals surface area contributed by atoms with E-state index in [4.69, 9.17) is 4.74 Å². The molecule has 8 heteroatoms. The number of hydrogen-bond donors (Lipinski definition) is 2. The van der Waals surface area contributed by atoms with E-state index in [0.29, 0.717) is 24.6 Å². The van der Waals surface area contributed by atoms with Gasteiger partial charge in [-0.1, -0.05) is 12.1 Å². The van der Waals surface area contributed by atoms with Crippen molar-refractivity contribution in [3.63, 3.8) is 0 Å². The van der Waals surface area contributed by atoms with Crippen molar-refractivity contribution in [1.29, 1.82) is 0 Å². The van der Waals surface area contributed by atoms with Crippen molar-refractivity contribution in [2.24, 2.45) is 0 Å². The number of pyridine rings is 1. The van der Waals surface area contributed by atoms with Crippen LogP contribution in [0.4, 0.5) is 0 Å². The Morgan fingerprint density at radius 1 is 1.17 bits per heavy atom. The van der Waals surface area contributed by atoms with Gasteiger partial charge in [0.1, 0.15) is 13.1 Å². The van der Waals surface area contributed by atoms with Gasteiger partial charge < -0.3 is 14.6 Å². The third-order valence-electron chi connectivity index (χ3n) is 5.71. The molecule has 0 bridgehead atoms. The number of rotatable bonds is 3. The number of aromatic amines is 1. The monoisotopic (exact) mass is 397 g/mol. The van der Waals surface area contributed by atoms with Crippen LogP contribution in [-0.2, 0) is 10.3 Å². The second kappa shape index (κ2) is 7.35. The van der Waals surface area contributed by atoms with Crippen LogP contribution in [0.15, 0.2) is 23.0 Å². The maximum absolute atomic E-state index is 13.3. The lowest BCUT2D eigenvalue weighted by Crippen LogP contribution is -3.14. The predicted octanol–water partition coefficient (Wildman–Crippen LogP) is 0.891. The highest BCUT2D eigenvalue weighted by Crippen LogP contribution is 2.25.